The molecule has 0 N–H and O–H groups in total. The van der Waals surface area contributed by atoms with Gasteiger partial charge in [0.15, 0.2) is 0 Å². The number of hydrogen-bond donors (Lipinski definition) is 0. The van der Waals surface area contributed by atoms with E-state index < -0.39 is 0 Å². The van der Waals surface area contributed by atoms with E-state index in [0.29, 0.717) is 0 Å². The highest BCUT2D eigenvalue weighted by atomic mass is 16.5. The van der Waals surface area contributed by atoms with Crippen LogP contribution in [-0.4, -0.2) is 11.5 Å². The summed E-state index contributed by atoms with van der Waals surface area (Å²) in [5.74, 6) is 2.57. The van der Waals surface area contributed by atoms with Gasteiger partial charge in [-0.25, -0.2) is 0 Å². The van der Waals surface area contributed by atoms with Crippen LogP contribution in [0.5, 0.6) is 17.2 Å². The van der Waals surface area contributed by atoms with Gasteiger partial charge in [-0.2, -0.15) is 0 Å². The van der Waals surface area contributed by atoms with Crippen molar-refractivity contribution in [2.24, 2.45) is 0 Å². The molecule has 2 aliphatic rings. The normalized spacial score (nSPS) is 12.7. The van der Waals surface area contributed by atoms with Crippen molar-refractivity contribution in [1.82, 2.24) is 4.57 Å². The molecule has 0 aliphatic carbocycles. The molecule has 2 aliphatic heterocycles. The SMILES string of the molecule is c1ccc(-c2ccc3c(c2)B2Oc4cc(-c5ccccc5-n5c6ccccc6c6ccccc65)ccc4-c4cccc(c42)O3)cc1. The van der Waals surface area contributed by atoms with Crippen molar-refractivity contribution < 1.29 is 9.39 Å². The van der Waals surface area contributed by atoms with Gasteiger partial charge in [-0.1, -0.05) is 121 Å². The van der Waals surface area contributed by atoms with Gasteiger partial charge in [0.2, 0.25) is 0 Å². The predicted molar refractivity (Wildman–Crippen MR) is 189 cm³/mol. The second-order valence-corrected chi connectivity index (χ2v) is 12.0. The Hall–Kier alpha value is -6.00. The minimum absolute atomic E-state index is 0.269. The molecule has 0 bridgehead atoms. The zero-order chi connectivity index (χ0) is 30.2. The predicted octanol–water partition coefficient (Wildman–Crippen LogP) is 9.39. The quantitative estimate of drug-likeness (QED) is 0.192. The topological polar surface area (TPSA) is 23.4 Å². The first-order chi connectivity index (χ1) is 22.8. The van der Waals surface area contributed by atoms with Crippen molar-refractivity contribution in [3.63, 3.8) is 0 Å². The Bertz CT molecular complexity index is 2440. The van der Waals surface area contributed by atoms with Gasteiger partial charge in [0.1, 0.15) is 17.2 Å². The molecule has 0 amide bonds. The van der Waals surface area contributed by atoms with Crippen LogP contribution in [0.1, 0.15) is 0 Å². The second-order valence-electron chi connectivity index (χ2n) is 12.0. The van der Waals surface area contributed by atoms with E-state index in [1.54, 1.807) is 0 Å². The standard InChI is InChI=1S/C42H26BNO2/c1-2-11-27(12-3-1)28-22-24-39-35(25-28)43-42-34(16-10-20-40(42)45-39)33-23-21-29(26-41(33)46-43)30-13-4-7-17-36(30)44-37-18-8-5-14-31(37)32-15-6-9-19-38(32)44/h1-26H. The highest BCUT2D eigenvalue weighted by Crippen LogP contribution is 2.43. The third-order valence-corrected chi connectivity index (χ3v) is 9.50. The summed E-state index contributed by atoms with van der Waals surface area (Å²) in [6, 6.07) is 55.9. The van der Waals surface area contributed by atoms with Gasteiger partial charge in [-0.3, -0.25) is 0 Å². The lowest BCUT2D eigenvalue weighted by atomic mass is 9.50. The maximum atomic E-state index is 7.00. The molecule has 0 saturated carbocycles. The maximum absolute atomic E-state index is 7.00. The molecule has 7 aromatic carbocycles. The first-order valence-corrected chi connectivity index (χ1v) is 15.7. The minimum atomic E-state index is -0.269. The fourth-order valence-corrected chi connectivity index (χ4v) is 7.42. The van der Waals surface area contributed by atoms with E-state index in [1.807, 2.05) is 12.1 Å². The third-order valence-electron chi connectivity index (χ3n) is 9.50. The van der Waals surface area contributed by atoms with Crippen molar-refractivity contribution in [3.8, 4) is 56.3 Å². The number of rotatable bonds is 3. The van der Waals surface area contributed by atoms with E-state index in [-0.39, 0.29) is 6.92 Å². The molecule has 0 saturated heterocycles. The largest absolute Gasteiger partial charge is 0.551 e. The molecule has 3 heterocycles. The lowest BCUT2D eigenvalue weighted by Crippen LogP contribution is -2.53. The van der Waals surface area contributed by atoms with E-state index in [1.165, 1.54) is 27.4 Å². The number of fused-ring (bicyclic) bond motifs is 7. The van der Waals surface area contributed by atoms with Crippen LogP contribution in [0.15, 0.2) is 158 Å². The maximum Gasteiger partial charge on any atom is 0.434 e. The molecule has 0 unspecified atom stereocenters. The molecule has 8 aromatic rings. The molecule has 0 radical (unpaired) electrons. The van der Waals surface area contributed by atoms with E-state index in [0.717, 1.165) is 61.7 Å². The molecule has 4 heteroatoms. The van der Waals surface area contributed by atoms with E-state index in [9.17, 15) is 0 Å². The zero-order valence-corrected chi connectivity index (χ0v) is 24.9. The number of ether oxygens (including phenoxy) is 1. The summed E-state index contributed by atoms with van der Waals surface area (Å²) in [7, 11) is 0. The zero-order valence-electron chi connectivity index (χ0n) is 24.9. The van der Waals surface area contributed by atoms with Crippen LogP contribution in [-0.2, 0) is 0 Å². The molecule has 1 aromatic heterocycles. The van der Waals surface area contributed by atoms with Crippen LogP contribution in [0, 0.1) is 0 Å². The van der Waals surface area contributed by atoms with Crippen LogP contribution in [0.4, 0.5) is 0 Å². The first kappa shape index (κ1) is 25.3. The second kappa shape index (κ2) is 9.75. The molecule has 46 heavy (non-hydrogen) atoms. The van der Waals surface area contributed by atoms with Crippen LogP contribution >= 0.6 is 0 Å². The van der Waals surface area contributed by atoms with E-state index in [2.05, 4.69) is 150 Å². The Morgan fingerprint density at radius 3 is 1.96 bits per heavy atom. The summed E-state index contributed by atoms with van der Waals surface area (Å²) >= 11 is 0. The van der Waals surface area contributed by atoms with Gasteiger partial charge in [-0.05, 0) is 58.7 Å². The number of aromatic nitrogens is 1. The third kappa shape index (κ3) is 3.67. The van der Waals surface area contributed by atoms with Gasteiger partial charge in [-0.15, -0.1) is 0 Å². The Morgan fingerprint density at radius 2 is 1.13 bits per heavy atom. The summed E-state index contributed by atoms with van der Waals surface area (Å²) in [4.78, 5) is 0. The lowest BCUT2D eigenvalue weighted by molar-refractivity contribution is 0.479. The van der Waals surface area contributed by atoms with Crippen LogP contribution in [0.3, 0.4) is 0 Å². The molecule has 214 valence electrons. The van der Waals surface area contributed by atoms with Crippen LogP contribution in [0.25, 0.3) is 60.9 Å². The van der Waals surface area contributed by atoms with Crippen molar-refractivity contribution in [3.05, 3.63) is 158 Å². The Kier molecular flexibility index (Phi) is 5.37. The Balaban J connectivity index is 1.14. The minimum Gasteiger partial charge on any atom is -0.551 e. The molecule has 10 rings (SSSR count). The molecule has 3 nitrogen and oxygen atoms in total. The summed E-state index contributed by atoms with van der Waals surface area (Å²) in [5, 5.41) is 2.50. The molecule has 0 spiro atoms. The van der Waals surface area contributed by atoms with E-state index >= 15 is 0 Å². The molecule has 0 fully saturated rings. The average molecular weight is 587 g/mol. The monoisotopic (exact) mass is 587 g/mol. The fraction of sp³-hybridized carbons (Fsp3) is 0. The fourth-order valence-electron chi connectivity index (χ4n) is 7.42. The lowest BCUT2D eigenvalue weighted by Gasteiger charge is -2.33. The number of nitrogens with zero attached hydrogens (tertiary/aromatic N) is 1. The molecular formula is C42H26BNO2. The molecular weight excluding hydrogens is 561 g/mol. The molecule has 0 atom stereocenters. The highest BCUT2D eigenvalue weighted by Gasteiger charge is 2.40. The van der Waals surface area contributed by atoms with E-state index in [4.69, 9.17) is 9.39 Å². The van der Waals surface area contributed by atoms with Crippen molar-refractivity contribution in [2.75, 3.05) is 0 Å². The average Bonchev–Trinajstić information content (AvgIpc) is 3.46. The highest BCUT2D eigenvalue weighted by molar-refractivity contribution is 6.84. The van der Waals surface area contributed by atoms with Gasteiger partial charge in [0.25, 0.3) is 0 Å². The smallest absolute Gasteiger partial charge is 0.434 e. The summed E-state index contributed by atoms with van der Waals surface area (Å²) in [6.45, 7) is -0.269. The number of benzene rings is 7. The van der Waals surface area contributed by atoms with Gasteiger partial charge >= 0.3 is 6.92 Å². The van der Waals surface area contributed by atoms with Crippen LogP contribution < -0.4 is 20.3 Å². The Labute approximate surface area is 267 Å². The Morgan fingerprint density at radius 1 is 0.435 bits per heavy atom. The number of para-hydroxylation sites is 3. The van der Waals surface area contributed by atoms with Gasteiger partial charge in [0, 0.05) is 32.8 Å². The van der Waals surface area contributed by atoms with Crippen molar-refractivity contribution in [2.45, 2.75) is 0 Å². The van der Waals surface area contributed by atoms with Gasteiger partial charge < -0.3 is 14.0 Å². The number of hydrogen-bond acceptors (Lipinski definition) is 2. The summed E-state index contributed by atoms with van der Waals surface area (Å²) in [5.41, 5.74) is 12.5. The first-order valence-electron chi connectivity index (χ1n) is 15.7. The van der Waals surface area contributed by atoms with Crippen molar-refractivity contribution >= 4 is 39.6 Å². The summed E-state index contributed by atoms with van der Waals surface area (Å²) < 4.78 is 15.9. The van der Waals surface area contributed by atoms with Gasteiger partial charge in [0.05, 0.1) is 16.7 Å². The van der Waals surface area contributed by atoms with Crippen molar-refractivity contribution in [1.29, 1.82) is 0 Å². The summed E-state index contributed by atoms with van der Waals surface area (Å²) in [6.07, 6.45) is 0. The van der Waals surface area contributed by atoms with Crippen LogP contribution in [0.2, 0.25) is 0 Å².